The van der Waals surface area contributed by atoms with Crippen LogP contribution in [0.15, 0.2) is 24.3 Å². The van der Waals surface area contributed by atoms with Gasteiger partial charge in [-0.15, -0.1) is 0 Å². The molecule has 6 nitrogen and oxygen atoms in total. The van der Waals surface area contributed by atoms with Crippen LogP contribution in [-0.4, -0.2) is 42.4 Å². The van der Waals surface area contributed by atoms with Crippen LogP contribution in [0.4, 0.5) is 0 Å². The number of benzene rings is 1. The van der Waals surface area contributed by atoms with E-state index in [9.17, 15) is 0 Å². The quantitative estimate of drug-likeness (QED) is 0.721. The zero-order valence-corrected chi connectivity index (χ0v) is 13.2. The highest BCUT2D eigenvalue weighted by Crippen LogP contribution is 2.43. The molecule has 1 saturated carbocycles. The molecule has 0 amide bonds. The van der Waals surface area contributed by atoms with Crippen molar-refractivity contribution in [3.63, 3.8) is 0 Å². The van der Waals surface area contributed by atoms with Crippen LogP contribution in [0, 0.1) is 11.8 Å². The van der Waals surface area contributed by atoms with E-state index in [0.29, 0.717) is 0 Å². The van der Waals surface area contributed by atoms with Crippen molar-refractivity contribution in [1.82, 2.24) is 5.32 Å². The molecule has 1 heterocycles. The molecule has 3 rings (SSSR count). The second kappa shape index (κ2) is 7.97. The van der Waals surface area contributed by atoms with Crippen LogP contribution >= 0.6 is 0 Å². The zero-order valence-electron chi connectivity index (χ0n) is 13.2. The van der Waals surface area contributed by atoms with Gasteiger partial charge in [-0.25, -0.2) is 9.59 Å². The third-order valence-corrected chi connectivity index (χ3v) is 4.70. The number of hydrogen-bond donors (Lipinski definition) is 3. The van der Waals surface area contributed by atoms with Crippen molar-refractivity contribution in [3.8, 4) is 5.75 Å². The van der Waals surface area contributed by atoms with Gasteiger partial charge in [0.2, 0.25) is 0 Å². The molecule has 2 aliphatic rings. The van der Waals surface area contributed by atoms with Gasteiger partial charge in [0.1, 0.15) is 5.75 Å². The molecule has 0 radical (unpaired) electrons. The Morgan fingerprint density at radius 3 is 2.57 bits per heavy atom. The summed E-state index contributed by atoms with van der Waals surface area (Å²) in [4.78, 5) is 18.2. The minimum Gasteiger partial charge on any atom is -0.497 e. The van der Waals surface area contributed by atoms with Crippen LogP contribution in [-0.2, 0) is 9.59 Å². The van der Waals surface area contributed by atoms with Gasteiger partial charge in [-0.1, -0.05) is 18.6 Å². The lowest BCUT2D eigenvalue weighted by Gasteiger charge is -2.33. The first-order valence-corrected chi connectivity index (χ1v) is 7.83. The van der Waals surface area contributed by atoms with Gasteiger partial charge in [-0.3, -0.25) is 0 Å². The number of carboxylic acids is 2. The van der Waals surface area contributed by atoms with E-state index in [1.165, 1.54) is 37.9 Å². The Kier molecular flexibility index (Phi) is 5.98. The average molecular weight is 321 g/mol. The van der Waals surface area contributed by atoms with Gasteiger partial charge in [-0.05, 0) is 61.4 Å². The van der Waals surface area contributed by atoms with E-state index in [-0.39, 0.29) is 0 Å². The van der Waals surface area contributed by atoms with Crippen LogP contribution < -0.4 is 10.1 Å². The highest BCUT2D eigenvalue weighted by atomic mass is 16.5. The maximum Gasteiger partial charge on any atom is 0.414 e. The maximum absolute atomic E-state index is 9.10. The standard InChI is InChI=1S/C15H21NO.C2H2O4/c1-17-13-6-2-4-11(8-13)14-7-3-5-12-9-16-10-15(12)14;3-1(4)2(5)6/h2,4,6,8,12,14-16H,3,5,7,9-10H2,1H3;(H,3,4)(H,5,6)/t12-,14?,15?;/m1./s1. The predicted octanol–water partition coefficient (Wildman–Crippen LogP) is 1.95. The molecule has 1 saturated heterocycles. The predicted molar refractivity (Wildman–Crippen MR) is 84.7 cm³/mol. The van der Waals surface area contributed by atoms with Gasteiger partial charge < -0.3 is 20.3 Å². The Balaban J connectivity index is 0.000000277. The van der Waals surface area contributed by atoms with Crippen molar-refractivity contribution < 1.29 is 24.5 Å². The number of hydrogen-bond acceptors (Lipinski definition) is 4. The molecule has 0 aromatic heterocycles. The van der Waals surface area contributed by atoms with Crippen molar-refractivity contribution in [2.75, 3.05) is 20.2 Å². The van der Waals surface area contributed by atoms with Crippen LogP contribution in [0.3, 0.4) is 0 Å². The normalized spacial score (nSPS) is 25.7. The fourth-order valence-electron chi connectivity index (χ4n) is 3.64. The van der Waals surface area contributed by atoms with E-state index in [0.717, 1.165) is 23.5 Å². The maximum atomic E-state index is 9.10. The van der Waals surface area contributed by atoms with E-state index in [1.54, 1.807) is 7.11 Å². The van der Waals surface area contributed by atoms with Crippen LogP contribution in [0.5, 0.6) is 5.75 Å². The summed E-state index contributed by atoms with van der Waals surface area (Å²) in [6, 6.07) is 8.66. The summed E-state index contributed by atoms with van der Waals surface area (Å²) >= 11 is 0. The molecule has 126 valence electrons. The zero-order chi connectivity index (χ0) is 16.8. The number of rotatable bonds is 2. The summed E-state index contributed by atoms with van der Waals surface area (Å²) in [5.74, 6) is -0.171. The van der Waals surface area contributed by atoms with E-state index < -0.39 is 11.9 Å². The van der Waals surface area contributed by atoms with Crippen molar-refractivity contribution in [2.24, 2.45) is 11.8 Å². The van der Waals surface area contributed by atoms with Crippen LogP contribution in [0.1, 0.15) is 30.7 Å². The van der Waals surface area contributed by atoms with Gasteiger partial charge >= 0.3 is 11.9 Å². The van der Waals surface area contributed by atoms with E-state index in [4.69, 9.17) is 24.5 Å². The lowest BCUT2D eigenvalue weighted by molar-refractivity contribution is -0.159. The lowest BCUT2D eigenvalue weighted by atomic mass is 9.71. The Morgan fingerprint density at radius 1 is 1.17 bits per heavy atom. The summed E-state index contributed by atoms with van der Waals surface area (Å²) in [5, 5.41) is 18.3. The molecule has 23 heavy (non-hydrogen) atoms. The first-order chi connectivity index (χ1) is 11.0. The van der Waals surface area contributed by atoms with Gasteiger partial charge in [0.05, 0.1) is 7.11 Å². The summed E-state index contributed by atoms with van der Waals surface area (Å²) in [7, 11) is 1.75. The molecule has 6 heteroatoms. The first-order valence-electron chi connectivity index (χ1n) is 7.83. The molecule has 2 fully saturated rings. The Bertz CT molecular complexity index is 548. The Labute approximate surface area is 135 Å². The third kappa shape index (κ3) is 4.45. The van der Waals surface area contributed by atoms with Crippen molar-refractivity contribution in [2.45, 2.75) is 25.2 Å². The van der Waals surface area contributed by atoms with Crippen molar-refractivity contribution in [1.29, 1.82) is 0 Å². The number of aliphatic carboxylic acids is 2. The van der Waals surface area contributed by atoms with Gasteiger partial charge in [0, 0.05) is 0 Å². The molecule has 2 unspecified atom stereocenters. The summed E-state index contributed by atoms with van der Waals surface area (Å²) in [5.41, 5.74) is 1.47. The number of carbonyl (C=O) groups is 2. The van der Waals surface area contributed by atoms with E-state index in [1.807, 2.05) is 6.07 Å². The molecule has 0 bridgehead atoms. The third-order valence-electron chi connectivity index (χ3n) is 4.70. The lowest BCUT2D eigenvalue weighted by Crippen LogP contribution is -2.25. The Morgan fingerprint density at radius 2 is 1.91 bits per heavy atom. The van der Waals surface area contributed by atoms with Gasteiger partial charge in [0.15, 0.2) is 0 Å². The molecular weight excluding hydrogens is 298 g/mol. The molecule has 1 aromatic carbocycles. The fourth-order valence-corrected chi connectivity index (χ4v) is 3.64. The first kappa shape index (κ1) is 17.3. The number of ether oxygens (including phenoxy) is 1. The summed E-state index contributed by atoms with van der Waals surface area (Å²) < 4.78 is 5.34. The summed E-state index contributed by atoms with van der Waals surface area (Å²) in [6.07, 6.45) is 4.14. The molecule has 1 aromatic rings. The monoisotopic (exact) mass is 321 g/mol. The van der Waals surface area contributed by atoms with Crippen molar-refractivity contribution in [3.05, 3.63) is 29.8 Å². The SMILES string of the molecule is COc1cccc(C2CCC[C@@H]3CNCC23)c1.O=C(O)C(=O)O. The molecule has 3 atom stereocenters. The molecular formula is C17H23NO5. The number of fused-ring (bicyclic) bond motifs is 1. The minimum atomic E-state index is -1.82. The van der Waals surface area contributed by atoms with Crippen LogP contribution in [0.2, 0.25) is 0 Å². The molecule has 1 aliphatic carbocycles. The number of nitrogens with one attached hydrogen (secondary N) is 1. The highest BCUT2D eigenvalue weighted by Gasteiger charge is 2.37. The summed E-state index contributed by atoms with van der Waals surface area (Å²) in [6.45, 7) is 2.43. The number of methoxy groups -OCH3 is 1. The average Bonchev–Trinajstić information content (AvgIpc) is 3.04. The second-order valence-corrected chi connectivity index (χ2v) is 6.01. The Hall–Kier alpha value is -2.08. The van der Waals surface area contributed by atoms with Gasteiger partial charge in [0.25, 0.3) is 0 Å². The molecule has 0 spiro atoms. The van der Waals surface area contributed by atoms with E-state index >= 15 is 0 Å². The van der Waals surface area contributed by atoms with Gasteiger partial charge in [-0.2, -0.15) is 0 Å². The molecule has 1 aliphatic heterocycles. The number of carboxylic acid groups (broad SMARTS) is 2. The minimum absolute atomic E-state index is 0.735. The topological polar surface area (TPSA) is 95.9 Å². The largest absolute Gasteiger partial charge is 0.497 e. The fraction of sp³-hybridized carbons (Fsp3) is 0.529. The molecule has 3 N–H and O–H groups in total. The van der Waals surface area contributed by atoms with Crippen LogP contribution in [0.25, 0.3) is 0 Å². The smallest absolute Gasteiger partial charge is 0.414 e. The van der Waals surface area contributed by atoms with Crippen molar-refractivity contribution >= 4 is 11.9 Å². The highest BCUT2D eigenvalue weighted by molar-refractivity contribution is 6.27. The second-order valence-electron chi connectivity index (χ2n) is 6.01. The van der Waals surface area contributed by atoms with E-state index in [2.05, 4.69) is 23.5 Å².